The summed E-state index contributed by atoms with van der Waals surface area (Å²) in [6.07, 6.45) is 2.27. The van der Waals surface area contributed by atoms with E-state index in [9.17, 15) is 4.79 Å². The van der Waals surface area contributed by atoms with E-state index in [0.29, 0.717) is 13.0 Å². The molecule has 2 aromatic rings. The Kier molecular flexibility index (Phi) is 4.53. The molecule has 1 aromatic heterocycles. The summed E-state index contributed by atoms with van der Waals surface area (Å²) in [5.41, 5.74) is 2.92. The third kappa shape index (κ3) is 3.45. The number of carboxylic acid groups (broad SMARTS) is 1. The standard InChI is InChI=1S/C15H18N2O3/c1-11(15(18)19)17(2)9-13-10-20-16-14(13)8-12-6-4-3-5-7-12/h3-7,10-11H,8-9H2,1-2H3,(H,18,19). The molecule has 106 valence electrons. The predicted molar refractivity (Wildman–Crippen MR) is 74.3 cm³/mol. The van der Waals surface area contributed by atoms with Gasteiger partial charge in [-0.1, -0.05) is 35.5 Å². The van der Waals surface area contributed by atoms with E-state index in [2.05, 4.69) is 5.16 Å². The van der Waals surface area contributed by atoms with Gasteiger partial charge in [0.1, 0.15) is 12.3 Å². The van der Waals surface area contributed by atoms with Crippen LogP contribution in [0.4, 0.5) is 0 Å². The molecule has 1 N–H and O–H groups in total. The number of aromatic nitrogens is 1. The molecule has 5 heteroatoms. The topological polar surface area (TPSA) is 66.6 Å². The van der Waals surface area contributed by atoms with Crippen molar-refractivity contribution in [2.24, 2.45) is 0 Å². The summed E-state index contributed by atoms with van der Waals surface area (Å²) in [4.78, 5) is 12.7. The zero-order chi connectivity index (χ0) is 14.5. The second-order valence-electron chi connectivity index (χ2n) is 4.88. The van der Waals surface area contributed by atoms with Gasteiger partial charge in [-0.05, 0) is 19.5 Å². The van der Waals surface area contributed by atoms with Crippen LogP contribution in [0.5, 0.6) is 0 Å². The molecule has 20 heavy (non-hydrogen) atoms. The summed E-state index contributed by atoms with van der Waals surface area (Å²) in [6.45, 7) is 2.16. The lowest BCUT2D eigenvalue weighted by Gasteiger charge is -2.20. The molecule has 0 spiro atoms. The fourth-order valence-electron chi connectivity index (χ4n) is 1.94. The molecule has 0 saturated carbocycles. The average molecular weight is 274 g/mol. The molecule has 0 fully saturated rings. The van der Waals surface area contributed by atoms with Crippen molar-refractivity contribution in [1.82, 2.24) is 10.1 Å². The molecular formula is C15H18N2O3. The SMILES string of the molecule is CC(C(=O)O)N(C)Cc1conc1Cc1ccccc1. The van der Waals surface area contributed by atoms with Gasteiger partial charge >= 0.3 is 5.97 Å². The Morgan fingerprint density at radius 2 is 2.10 bits per heavy atom. The summed E-state index contributed by atoms with van der Waals surface area (Å²) in [5.74, 6) is -0.839. The van der Waals surface area contributed by atoms with Gasteiger partial charge in [0.25, 0.3) is 0 Å². The van der Waals surface area contributed by atoms with Crippen molar-refractivity contribution < 1.29 is 14.4 Å². The number of hydrogen-bond acceptors (Lipinski definition) is 4. The highest BCUT2D eigenvalue weighted by atomic mass is 16.5. The first-order valence-electron chi connectivity index (χ1n) is 6.47. The Morgan fingerprint density at radius 3 is 2.75 bits per heavy atom. The van der Waals surface area contributed by atoms with Gasteiger partial charge in [0, 0.05) is 18.5 Å². The highest BCUT2D eigenvalue weighted by Gasteiger charge is 2.19. The number of carbonyl (C=O) groups is 1. The maximum absolute atomic E-state index is 11.0. The van der Waals surface area contributed by atoms with Gasteiger partial charge in [0.15, 0.2) is 0 Å². The molecule has 2 rings (SSSR count). The van der Waals surface area contributed by atoms with Crippen LogP contribution >= 0.6 is 0 Å². The first-order chi connectivity index (χ1) is 9.58. The number of hydrogen-bond donors (Lipinski definition) is 1. The summed E-state index contributed by atoms with van der Waals surface area (Å²) in [5, 5.41) is 13.0. The maximum Gasteiger partial charge on any atom is 0.320 e. The van der Waals surface area contributed by atoms with Crippen LogP contribution < -0.4 is 0 Å². The van der Waals surface area contributed by atoms with Crippen molar-refractivity contribution in [3.63, 3.8) is 0 Å². The molecule has 5 nitrogen and oxygen atoms in total. The Bertz CT molecular complexity index is 566. The first kappa shape index (κ1) is 14.3. The second-order valence-corrected chi connectivity index (χ2v) is 4.88. The van der Waals surface area contributed by atoms with Crippen LogP contribution in [0.2, 0.25) is 0 Å². The Balaban J connectivity index is 2.07. The summed E-state index contributed by atoms with van der Waals surface area (Å²) in [6, 6.07) is 9.44. The molecule has 0 saturated heterocycles. The van der Waals surface area contributed by atoms with Crippen LogP contribution in [0.1, 0.15) is 23.7 Å². The Hall–Kier alpha value is -2.14. The highest BCUT2D eigenvalue weighted by molar-refractivity contribution is 5.72. The molecule has 0 amide bonds. The zero-order valence-corrected chi connectivity index (χ0v) is 11.6. The van der Waals surface area contributed by atoms with Gasteiger partial charge in [-0.15, -0.1) is 0 Å². The molecule has 0 aliphatic carbocycles. The lowest BCUT2D eigenvalue weighted by Crippen LogP contribution is -2.35. The fourth-order valence-corrected chi connectivity index (χ4v) is 1.94. The lowest BCUT2D eigenvalue weighted by molar-refractivity contribution is -0.142. The van der Waals surface area contributed by atoms with Gasteiger partial charge in [0.2, 0.25) is 0 Å². The molecule has 0 bridgehead atoms. The van der Waals surface area contributed by atoms with Crippen molar-refractivity contribution in [2.75, 3.05) is 7.05 Å². The van der Waals surface area contributed by atoms with Crippen LogP contribution in [0.25, 0.3) is 0 Å². The molecule has 0 aliphatic rings. The number of likely N-dealkylation sites (N-methyl/N-ethyl adjacent to an activating group) is 1. The average Bonchev–Trinajstić information content (AvgIpc) is 2.86. The van der Waals surface area contributed by atoms with Gasteiger partial charge in [-0.3, -0.25) is 9.69 Å². The van der Waals surface area contributed by atoms with Crippen molar-refractivity contribution >= 4 is 5.97 Å². The van der Waals surface area contributed by atoms with E-state index in [1.54, 1.807) is 25.1 Å². The van der Waals surface area contributed by atoms with Crippen LogP contribution in [-0.4, -0.2) is 34.2 Å². The number of benzene rings is 1. The van der Waals surface area contributed by atoms with E-state index >= 15 is 0 Å². The maximum atomic E-state index is 11.0. The Morgan fingerprint density at radius 1 is 1.40 bits per heavy atom. The first-order valence-corrected chi connectivity index (χ1v) is 6.47. The van der Waals surface area contributed by atoms with Crippen LogP contribution in [0, 0.1) is 0 Å². The number of rotatable bonds is 6. The van der Waals surface area contributed by atoms with E-state index in [4.69, 9.17) is 9.63 Å². The van der Waals surface area contributed by atoms with Gasteiger partial charge in [-0.25, -0.2) is 0 Å². The third-order valence-electron chi connectivity index (χ3n) is 3.38. The van der Waals surface area contributed by atoms with Crippen LogP contribution in [0.15, 0.2) is 41.1 Å². The molecular weight excluding hydrogens is 256 g/mol. The van der Waals surface area contributed by atoms with E-state index in [-0.39, 0.29) is 0 Å². The van der Waals surface area contributed by atoms with E-state index < -0.39 is 12.0 Å². The summed E-state index contributed by atoms with van der Waals surface area (Å²) in [7, 11) is 1.78. The number of aliphatic carboxylic acids is 1. The third-order valence-corrected chi connectivity index (χ3v) is 3.38. The van der Waals surface area contributed by atoms with Crippen molar-refractivity contribution in [3.05, 3.63) is 53.4 Å². The quantitative estimate of drug-likeness (QED) is 0.874. The van der Waals surface area contributed by atoms with Gasteiger partial charge < -0.3 is 9.63 Å². The summed E-state index contributed by atoms with van der Waals surface area (Å²) < 4.78 is 5.03. The van der Waals surface area contributed by atoms with Crippen molar-refractivity contribution in [2.45, 2.75) is 25.9 Å². The minimum absolute atomic E-state index is 0.499. The molecule has 1 aromatic carbocycles. The summed E-state index contributed by atoms with van der Waals surface area (Å²) >= 11 is 0. The van der Waals surface area contributed by atoms with E-state index in [1.807, 2.05) is 30.3 Å². The van der Waals surface area contributed by atoms with E-state index in [0.717, 1.165) is 16.8 Å². The molecule has 0 aliphatic heterocycles. The smallest absolute Gasteiger partial charge is 0.320 e. The highest BCUT2D eigenvalue weighted by Crippen LogP contribution is 2.15. The minimum atomic E-state index is -0.839. The van der Waals surface area contributed by atoms with Gasteiger partial charge in [0.05, 0.1) is 5.69 Å². The predicted octanol–water partition coefficient (Wildman–Crippen LogP) is 2.17. The van der Waals surface area contributed by atoms with E-state index in [1.165, 1.54) is 0 Å². The largest absolute Gasteiger partial charge is 0.480 e. The van der Waals surface area contributed by atoms with Crippen molar-refractivity contribution in [3.8, 4) is 0 Å². The minimum Gasteiger partial charge on any atom is -0.480 e. The van der Waals surface area contributed by atoms with Crippen LogP contribution in [0.3, 0.4) is 0 Å². The number of carboxylic acids is 1. The monoisotopic (exact) mass is 274 g/mol. The Labute approximate surface area is 117 Å². The normalized spacial score (nSPS) is 12.6. The lowest BCUT2D eigenvalue weighted by atomic mass is 10.1. The van der Waals surface area contributed by atoms with Crippen molar-refractivity contribution in [1.29, 1.82) is 0 Å². The zero-order valence-electron chi connectivity index (χ0n) is 11.6. The molecule has 1 atom stereocenters. The molecule has 1 unspecified atom stereocenters. The fraction of sp³-hybridized carbons (Fsp3) is 0.333. The van der Waals surface area contributed by atoms with Crippen LogP contribution in [-0.2, 0) is 17.8 Å². The molecule has 1 heterocycles. The molecule has 0 radical (unpaired) electrons. The van der Waals surface area contributed by atoms with Gasteiger partial charge in [-0.2, -0.15) is 0 Å². The number of nitrogens with zero attached hydrogens (tertiary/aromatic N) is 2. The second kappa shape index (κ2) is 6.34.